The van der Waals surface area contributed by atoms with Crippen LogP contribution in [0.4, 0.5) is 5.69 Å². The Morgan fingerprint density at radius 2 is 1.90 bits per heavy atom. The van der Waals surface area contributed by atoms with Gasteiger partial charge >= 0.3 is 0 Å². The first-order valence-electron chi connectivity index (χ1n) is 6.88. The molecule has 1 aromatic carbocycles. The van der Waals surface area contributed by atoms with Crippen molar-refractivity contribution < 1.29 is 13.2 Å². The molecule has 0 aromatic heterocycles. The Hall–Kier alpha value is -1.40. The summed E-state index contributed by atoms with van der Waals surface area (Å²) in [5.74, 6) is 0.121. The quantitative estimate of drug-likeness (QED) is 0.894. The lowest BCUT2D eigenvalue weighted by Crippen LogP contribution is -2.48. The van der Waals surface area contributed by atoms with Crippen molar-refractivity contribution in [3.63, 3.8) is 0 Å². The van der Waals surface area contributed by atoms with Gasteiger partial charge in [-0.15, -0.1) is 0 Å². The molecule has 3 rings (SSSR count). The second-order valence-electron chi connectivity index (χ2n) is 5.38. The number of piperidine rings is 1. The molecule has 5 nitrogen and oxygen atoms in total. The van der Waals surface area contributed by atoms with Crippen molar-refractivity contribution in [1.29, 1.82) is 0 Å². The van der Waals surface area contributed by atoms with E-state index in [1.165, 1.54) is 4.31 Å². The molecular formula is C14H18N2O3S. The highest BCUT2D eigenvalue weighted by molar-refractivity contribution is 7.89. The molecule has 0 unspecified atom stereocenters. The van der Waals surface area contributed by atoms with Crippen molar-refractivity contribution in [2.75, 3.05) is 24.2 Å². The number of hydrogen-bond donors (Lipinski definition) is 1. The van der Waals surface area contributed by atoms with E-state index >= 15 is 0 Å². The van der Waals surface area contributed by atoms with Crippen LogP contribution in [0.15, 0.2) is 24.3 Å². The lowest BCUT2D eigenvalue weighted by atomic mass is 9.74. The van der Waals surface area contributed by atoms with E-state index in [1.54, 1.807) is 6.92 Å². The number of benzene rings is 1. The van der Waals surface area contributed by atoms with E-state index in [2.05, 4.69) is 5.32 Å². The Morgan fingerprint density at radius 3 is 2.55 bits per heavy atom. The molecule has 6 heteroatoms. The molecule has 0 atom stereocenters. The third-order valence-corrected chi connectivity index (χ3v) is 6.34. The van der Waals surface area contributed by atoms with Crippen LogP contribution in [0, 0.1) is 0 Å². The molecule has 1 amide bonds. The van der Waals surface area contributed by atoms with Crippen LogP contribution in [-0.2, 0) is 20.2 Å². The van der Waals surface area contributed by atoms with Crippen LogP contribution in [-0.4, -0.2) is 37.5 Å². The molecule has 20 heavy (non-hydrogen) atoms. The average molecular weight is 294 g/mol. The third-order valence-electron chi connectivity index (χ3n) is 4.46. The fraction of sp³-hybridized carbons (Fsp3) is 0.500. The van der Waals surface area contributed by atoms with E-state index in [0.29, 0.717) is 25.9 Å². The van der Waals surface area contributed by atoms with Crippen LogP contribution in [0.25, 0.3) is 0 Å². The number of nitrogens with one attached hydrogen (secondary N) is 1. The number of carbonyl (C=O) groups excluding carboxylic acids is 1. The number of amides is 1. The first-order chi connectivity index (χ1) is 9.49. The second-order valence-corrected chi connectivity index (χ2v) is 7.64. The highest BCUT2D eigenvalue weighted by Crippen LogP contribution is 2.44. The lowest BCUT2D eigenvalue weighted by Gasteiger charge is -2.37. The summed E-state index contributed by atoms with van der Waals surface area (Å²) in [4.78, 5) is 12.4. The lowest BCUT2D eigenvalue weighted by molar-refractivity contribution is -0.122. The minimum Gasteiger partial charge on any atom is -0.325 e. The summed E-state index contributed by atoms with van der Waals surface area (Å²) in [6, 6.07) is 7.69. The van der Waals surface area contributed by atoms with Crippen molar-refractivity contribution in [2.45, 2.75) is 25.2 Å². The highest BCUT2D eigenvalue weighted by Gasteiger charge is 2.49. The second kappa shape index (κ2) is 4.56. The minimum absolute atomic E-state index is 0.00671. The molecule has 0 saturated carbocycles. The van der Waals surface area contributed by atoms with Crippen molar-refractivity contribution in [2.24, 2.45) is 0 Å². The van der Waals surface area contributed by atoms with Crippen LogP contribution in [0.2, 0.25) is 0 Å². The summed E-state index contributed by atoms with van der Waals surface area (Å²) < 4.78 is 25.3. The summed E-state index contributed by atoms with van der Waals surface area (Å²) in [7, 11) is -3.16. The maximum atomic E-state index is 12.4. The molecular weight excluding hydrogens is 276 g/mol. The van der Waals surface area contributed by atoms with E-state index in [0.717, 1.165) is 11.3 Å². The Morgan fingerprint density at radius 1 is 1.25 bits per heavy atom. The van der Waals surface area contributed by atoms with Crippen molar-refractivity contribution >= 4 is 21.6 Å². The molecule has 2 aliphatic heterocycles. The molecule has 1 saturated heterocycles. The largest absolute Gasteiger partial charge is 0.325 e. The Labute approximate surface area is 119 Å². The fourth-order valence-corrected chi connectivity index (χ4v) is 4.30. The van der Waals surface area contributed by atoms with Gasteiger partial charge in [0.2, 0.25) is 15.9 Å². The predicted octanol–water partition coefficient (Wildman–Crippen LogP) is 1.32. The summed E-state index contributed by atoms with van der Waals surface area (Å²) >= 11 is 0. The van der Waals surface area contributed by atoms with E-state index in [9.17, 15) is 13.2 Å². The Bertz CT molecular complexity index is 646. The van der Waals surface area contributed by atoms with E-state index < -0.39 is 15.4 Å². The zero-order valence-corrected chi connectivity index (χ0v) is 12.2. The van der Waals surface area contributed by atoms with Gasteiger partial charge in [0.1, 0.15) is 0 Å². The first-order valence-corrected chi connectivity index (χ1v) is 8.49. The SMILES string of the molecule is CCS(=O)(=O)N1CCC2(CC1)C(=O)Nc1ccccc12. The number of fused-ring (bicyclic) bond motifs is 2. The molecule has 0 aliphatic carbocycles. The van der Waals surface area contributed by atoms with Crippen LogP contribution in [0.3, 0.4) is 0 Å². The van der Waals surface area contributed by atoms with E-state index in [1.807, 2.05) is 24.3 Å². The van der Waals surface area contributed by atoms with Crippen molar-refractivity contribution in [3.05, 3.63) is 29.8 Å². The van der Waals surface area contributed by atoms with Gasteiger partial charge in [0.15, 0.2) is 0 Å². The van der Waals surface area contributed by atoms with Gasteiger partial charge in [-0.1, -0.05) is 18.2 Å². The maximum Gasteiger partial charge on any atom is 0.235 e. The average Bonchev–Trinajstić information content (AvgIpc) is 2.73. The van der Waals surface area contributed by atoms with Gasteiger partial charge in [-0.05, 0) is 31.4 Å². The number of rotatable bonds is 2. The van der Waals surface area contributed by atoms with Gasteiger partial charge in [0.05, 0.1) is 11.2 Å². The summed E-state index contributed by atoms with van der Waals surface area (Å²) in [6.45, 7) is 2.48. The Kier molecular flexibility index (Phi) is 3.10. The summed E-state index contributed by atoms with van der Waals surface area (Å²) in [6.07, 6.45) is 1.10. The van der Waals surface area contributed by atoms with Crippen molar-refractivity contribution in [1.82, 2.24) is 4.31 Å². The minimum atomic E-state index is -3.16. The van der Waals surface area contributed by atoms with Crippen LogP contribution < -0.4 is 5.32 Å². The maximum absolute atomic E-state index is 12.4. The van der Waals surface area contributed by atoms with Gasteiger partial charge in [-0.2, -0.15) is 0 Å². The Balaban J connectivity index is 1.89. The zero-order chi connectivity index (χ0) is 14.4. The molecule has 1 aromatic rings. The first kappa shape index (κ1) is 13.6. The van der Waals surface area contributed by atoms with Gasteiger partial charge in [-0.3, -0.25) is 4.79 Å². The van der Waals surface area contributed by atoms with Crippen LogP contribution >= 0.6 is 0 Å². The number of sulfonamides is 1. The van der Waals surface area contributed by atoms with Gasteiger partial charge in [-0.25, -0.2) is 12.7 Å². The molecule has 108 valence electrons. The fourth-order valence-electron chi connectivity index (χ4n) is 3.20. The predicted molar refractivity (Wildman–Crippen MR) is 77.0 cm³/mol. The number of para-hydroxylation sites is 1. The van der Waals surface area contributed by atoms with E-state index in [-0.39, 0.29) is 11.7 Å². The molecule has 1 spiro atoms. The number of hydrogen-bond acceptors (Lipinski definition) is 3. The molecule has 2 heterocycles. The van der Waals surface area contributed by atoms with Crippen molar-refractivity contribution in [3.8, 4) is 0 Å². The monoisotopic (exact) mass is 294 g/mol. The number of carbonyl (C=O) groups is 1. The number of anilines is 1. The molecule has 0 bridgehead atoms. The van der Waals surface area contributed by atoms with E-state index in [4.69, 9.17) is 0 Å². The smallest absolute Gasteiger partial charge is 0.235 e. The summed E-state index contributed by atoms with van der Waals surface area (Å²) in [5, 5.41) is 2.92. The highest BCUT2D eigenvalue weighted by atomic mass is 32.2. The molecule has 1 N–H and O–H groups in total. The van der Waals surface area contributed by atoms with Crippen LogP contribution in [0.5, 0.6) is 0 Å². The molecule has 0 radical (unpaired) electrons. The molecule has 1 fully saturated rings. The van der Waals surface area contributed by atoms with Gasteiger partial charge in [0, 0.05) is 18.8 Å². The summed E-state index contributed by atoms with van der Waals surface area (Å²) in [5.41, 5.74) is 1.33. The number of nitrogens with zero attached hydrogens (tertiary/aromatic N) is 1. The zero-order valence-electron chi connectivity index (χ0n) is 11.4. The topological polar surface area (TPSA) is 66.5 Å². The van der Waals surface area contributed by atoms with Gasteiger partial charge < -0.3 is 5.32 Å². The van der Waals surface area contributed by atoms with Gasteiger partial charge in [0.25, 0.3) is 0 Å². The molecule has 2 aliphatic rings. The standard InChI is InChI=1S/C14H18N2O3S/c1-2-20(18,19)16-9-7-14(8-10-16)11-5-3-4-6-12(11)15-13(14)17/h3-6H,2,7-10H2,1H3,(H,15,17). The van der Waals surface area contributed by atoms with Crippen LogP contribution in [0.1, 0.15) is 25.3 Å². The third kappa shape index (κ3) is 1.86. The normalized spacial score (nSPS) is 21.8.